The van der Waals surface area contributed by atoms with Crippen LogP contribution in [0.4, 0.5) is 5.69 Å². The van der Waals surface area contributed by atoms with E-state index in [-0.39, 0.29) is 53.0 Å². The first-order valence-electron chi connectivity index (χ1n) is 20.7. The monoisotopic (exact) mass is 804 g/mol. The van der Waals surface area contributed by atoms with Gasteiger partial charge in [-0.05, 0) is 111 Å². The molecule has 11 nitrogen and oxygen atoms in total. The first-order chi connectivity index (χ1) is 27.7. The maximum absolute atomic E-state index is 13.5. The van der Waals surface area contributed by atoms with Crippen LogP contribution in [-0.2, 0) is 16.1 Å². The van der Waals surface area contributed by atoms with Gasteiger partial charge in [0.25, 0.3) is 11.8 Å². The number of carbonyl (C=O) groups is 4. The van der Waals surface area contributed by atoms with Crippen molar-refractivity contribution in [3.05, 3.63) is 93.5 Å². The highest BCUT2D eigenvalue weighted by molar-refractivity contribution is 6.31. The van der Waals surface area contributed by atoms with Crippen LogP contribution in [0, 0.1) is 28.1 Å². The van der Waals surface area contributed by atoms with Crippen LogP contribution in [0.15, 0.2) is 60.7 Å². The maximum Gasteiger partial charge on any atom is 0.255 e. The van der Waals surface area contributed by atoms with E-state index >= 15 is 0 Å². The molecule has 2 N–H and O–H groups in total. The quantitative estimate of drug-likeness (QED) is 0.229. The molecule has 12 heteroatoms. The van der Waals surface area contributed by atoms with E-state index in [0.29, 0.717) is 52.3 Å². The van der Waals surface area contributed by atoms with Gasteiger partial charge in [0, 0.05) is 72.4 Å². The number of ether oxygens (including phenoxy) is 1. The van der Waals surface area contributed by atoms with Crippen molar-refractivity contribution in [2.45, 2.75) is 96.9 Å². The van der Waals surface area contributed by atoms with Gasteiger partial charge < -0.3 is 24.8 Å². The molecule has 4 fully saturated rings. The molecule has 1 atom stereocenters. The summed E-state index contributed by atoms with van der Waals surface area (Å²) in [5.74, 6) is 0.860. The number of nitriles is 1. The van der Waals surface area contributed by atoms with Gasteiger partial charge in [-0.3, -0.25) is 24.5 Å². The lowest BCUT2D eigenvalue weighted by molar-refractivity contribution is -0.164. The number of nitrogens with zero attached hydrogens (tertiary/aromatic N) is 4. The molecule has 1 unspecified atom stereocenters. The van der Waals surface area contributed by atoms with Gasteiger partial charge in [-0.2, -0.15) is 5.26 Å². The molecule has 4 aliphatic heterocycles. The average molecular weight is 805 g/mol. The van der Waals surface area contributed by atoms with E-state index in [1.54, 1.807) is 23.1 Å². The Labute approximate surface area is 346 Å². The van der Waals surface area contributed by atoms with Gasteiger partial charge in [-0.25, -0.2) is 0 Å². The lowest BCUT2D eigenvalue weighted by Crippen LogP contribution is -2.74. The number of likely N-dealkylation sites (tertiary alicyclic amines) is 1. The topological polar surface area (TPSA) is 135 Å². The van der Waals surface area contributed by atoms with Crippen molar-refractivity contribution in [3.8, 4) is 11.8 Å². The fourth-order valence-corrected chi connectivity index (χ4v) is 10.9. The van der Waals surface area contributed by atoms with Crippen molar-refractivity contribution >= 4 is 40.9 Å². The van der Waals surface area contributed by atoms with Crippen LogP contribution in [-0.4, -0.2) is 84.3 Å². The fourth-order valence-electron chi connectivity index (χ4n) is 10.7. The van der Waals surface area contributed by atoms with E-state index in [2.05, 4.69) is 72.4 Å². The van der Waals surface area contributed by atoms with E-state index in [4.69, 9.17) is 16.3 Å². The fraction of sp³-hybridized carbons (Fsp3) is 0.500. The standard InChI is InChI=1S/C46H53ClN6O5/c1-45(2)43(46(3,4)44(45)58-35-11-9-32(25-48)37(47)24-35)50-40(55)31-7-5-29(6-8-31)30-17-19-51(20-18-30)26-28-15-21-52(22-16-28)34-10-12-36-33(23-34)27-53(42(36)57)38-13-14-39(54)49-41(38)56/h5-12,23-24,28,30,38,43-44H,13-22,26-27H2,1-4H3,(H,50,55)(H,49,54,56)/t38?,43-,44-. The second kappa shape index (κ2) is 15.7. The molecule has 8 rings (SSSR count). The van der Waals surface area contributed by atoms with E-state index in [1.165, 1.54) is 5.56 Å². The number of anilines is 1. The van der Waals surface area contributed by atoms with Crippen LogP contribution < -0.4 is 20.3 Å². The maximum atomic E-state index is 13.5. The molecule has 4 amide bonds. The highest BCUT2D eigenvalue weighted by atomic mass is 35.5. The van der Waals surface area contributed by atoms with Crippen molar-refractivity contribution < 1.29 is 23.9 Å². The highest BCUT2D eigenvalue weighted by Gasteiger charge is 2.64. The predicted molar refractivity (Wildman–Crippen MR) is 222 cm³/mol. The Morgan fingerprint density at radius 3 is 2.28 bits per heavy atom. The minimum atomic E-state index is -0.597. The third-order valence-electron chi connectivity index (χ3n) is 13.7. The Kier molecular flexibility index (Phi) is 10.8. The van der Waals surface area contributed by atoms with Gasteiger partial charge in [0.05, 0.1) is 10.6 Å². The van der Waals surface area contributed by atoms with Gasteiger partial charge in [0.2, 0.25) is 11.8 Å². The van der Waals surface area contributed by atoms with Gasteiger partial charge in [-0.15, -0.1) is 0 Å². The Balaban J connectivity index is 0.781. The highest BCUT2D eigenvalue weighted by Crippen LogP contribution is 2.55. The minimum Gasteiger partial charge on any atom is -0.489 e. The summed E-state index contributed by atoms with van der Waals surface area (Å²) in [5, 5.41) is 15.3. The Morgan fingerprint density at radius 1 is 0.914 bits per heavy atom. The van der Waals surface area contributed by atoms with E-state index in [0.717, 1.165) is 69.7 Å². The molecule has 0 bridgehead atoms. The zero-order valence-corrected chi connectivity index (χ0v) is 34.6. The number of benzene rings is 3. The summed E-state index contributed by atoms with van der Waals surface area (Å²) in [6.07, 6.45) is 4.90. The number of amides is 4. The molecule has 3 aromatic carbocycles. The van der Waals surface area contributed by atoms with Crippen molar-refractivity contribution in [1.82, 2.24) is 20.4 Å². The van der Waals surface area contributed by atoms with Crippen LogP contribution in [0.2, 0.25) is 5.02 Å². The number of piperidine rings is 3. The molecular formula is C46H53ClN6O5. The molecule has 304 valence electrons. The second-order valence-electron chi connectivity index (χ2n) is 18.2. The normalized spacial score (nSPS) is 24.8. The minimum absolute atomic E-state index is 0.0823. The molecular weight excluding hydrogens is 752 g/mol. The third-order valence-corrected chi connectivity index (χ3v) is 14.0. The smallest absolute Gasteiger partial charge is 0.255 e. The molecule has 3 aromatic rings. The number of fused-ring (bicyclic) bond motifs is 1. The molecule has 58 heavy (non-hydrogen) atoms. The van der Waals surface area contributed by atoms with Gasteiger partial charge in [-0.1, -0.05) is 51.4 Å². The summed E-state index contributed by atoms with van der Waals surface area (Å²) in [4.78, 5) is 57.4. The molecule has 0 aromatic heterocycles. The number of nitrogens with one attached hydrogen (secondary N) is 2. The molecule has 5 aliphatic rings. The van der Waals surface area contributed by atoms with Crippen molar-refractivity contribution in [3.63, 3.8) is 0 Å². The van der Waals surface area contributed by atoms with Crippen molar-refractivity contribution in [2.75, 3.05) is 37.6 Å². The second-order valence-corrected chi connectivity index (χ2v) is 18.6. The summed E-state index contributed by atoms with van der Waals surface area (Å²) in [6, 6.07) is 20.7. The zero-order valence-electron chi connectivity index (χ0n) is 33.9. The van der Waals surface area contributed by atoms with E-state index < -0.39 is 6.04 Å². The van der Waals surface area contributed by atoms with Gasteiger partial charge >= 0.3 is 0 Å². The number of rotatable bonds is 9. The first kappa shape index (κ1) is 39.9. The van der Waals surface area contributed by atoms with Crippen LogP contribution in [0.5, 0.6) is 5.75 Å². The summed E-state index contributed by atoms with van der Waals surface area (Å²) in [5.41, 5.74) is 4.42. The summed E-state index contributed by atoms with van der Waals surface area (Å²) in [6.45, 7) is 14.0. The lowest BCUT2D eigenvalue weighted by atomic mass is 9.49. The van der Waals surface area contributed by atoms with Crippen LogP contribution in [0.3, 0.4) is 0 Å². The summed E-state index contributed by atoms with van der Waals surface area (Å²) in [7, 11) is 0. The lowest BCUT2D eigenvalue weighted by Gasteiger charge is -2.63. The van der Waals surface area contributed by atoms with Gasteiger partial charge in [0.1, 0.15) is 24.0 Å². The SMILES string of the molecule is CC1(C)[C@H](NC(=O)c2ccc(C3CCN(CC4CCN(c5ccc6c(c5)CN(C5CCC(=O)NC5=O)C6=O)CC4)CC3)cc2)C(C)(C)[C@H]1Oc1ccc(C#N)c(Cl)c1. The number of halogens is 1. The number of carbonyl (C=O) groups excluding carboxylic acids is 4. The van der Waals surface area contributed by atoms with Crippen molar-refractivity contribution in [2.24, 2.45) is 16.7 Å². The Hall–Kier alpha value is -4.92. The summed E-state index contributed by atoms with van der Waals surface area (Å²) >= 11 is 6.26. The number of hydrogen-bond donors (Lipinski definition) is 2. The molecule has 1 aliphatic carbocycles. The molecule has 0 spiro atoms. The van der Waals surface area contributed by atoms with E-state index in [1.807, 2.05) is 24.3 Å². The van der Waals surface area contributed by atoms with Crippen molar-refractivity contribution in [1.29, 1.82) is 5.26 Å². The zero-order chi connectivity index (χ0) is 40.9. The average Bonchev–Trinajstić information content (AvgIpc) is 3.54. The summed E-state index contributed by atoms with van der Waals surface area (Å²) < 4.78 is 6.39. The molecule has 0 radical (unpaired) electrons. The van der Waals surface area contributed by atoms with Crippen LogP contribution in [0.25, 0.3) is 0 Å². The Bertz CT molecular complexity index is 2130. The largest absolute Gasteiger partial charge is 0.489 e. The number of hydrogen-bond acceptors (Lipinski definition) is 8. The number of imide groups is 1. The van der Waals surface area contributed by atoms with Crippen LogP contribution >= 0.6 is 11.6 Å². The predicted octanol–water partition coefficient (Wildman–Crippen LogP) is 6.68. The molecule has 3 saturated heterocycles. The molecule has 4 heterocycles. The third kappa shape index (κ3) is 7.57. The van der Waals surface area contributed by atoms with Crippen LogP contribution in [0.1, 0.15) is 110 Å². The molecule has 1 saturated carbocycles. The van der Waals surface area contributed by atoms with E-state index in [9.17, 15) is 24.4 Å². The Morgan fingerprint density at radius 2 is 1.62 bits per heavy atom. The first-order valence-corrected chi connectivity index (χ1v) is 21.1. The van der Waals surface area contributed by atoms with Gasteiger partial charge in [0.15, 0.2) is 0 Å².